The number of amides is 1. The predicted octanol–water partition coefficient (Wildman–Crippen LogP) is 1.72. The lowest BCUT2D eigenvalue weighted by Crippen LogP contribution is -2.27. The Morgan fingerprint density at radius 2 is 2.19 bits per heavy atom. The Kier molecular flexibility index (Phi) is 4.89. The molecule has 0 radical (unpaired) electrons. The average Bonchev–Trinajstić information content (AvgIpc) is 2.43. The highest BCUT2D eigenvalue weighted by Crippen LogP contribution is 2.30. The highest BCUT2D eigenvalue weighted by molar-refractivity contribution is 8.15. The first kappa shape index (κ1) is 15.8. The molecule has 1 aromatic rings. The van der Waals surface area contributed by atoms with Crippen LogP contribution in [0, 0.1) is 6.92 Å². The fraction of sp³-hybridized carbons (Fsp3) is 0.385. The SMILES string of the molecule is CCCNC(=O)CSC1=NS(=O)(=O)c2cc(C)ccc2N1. The van der Waals surface area contributed by atoms with Crippen molar-refractivity contribution in [1.82, 2.24) is 5.32 Å². The van der Waals surface area contributed by atoms with Crippen LogP contribution in [-0.2, 0) is 14.8 Å². The number of carbonyl (C=O) groups excluding carboxylic acids is 1. The summed E-state index contributed by atoms with van der Waals surface area (Å²) in [5.74, 6) is -0.0128. The van der Waals surface area contributed by atoms with Gasteiger partial charge in [0.2, 0.25) is 5.91 Å². The fourth-order valence-electron chi connectivity index (χ4n) is 1.75. The molecule has 2 N–H and O–H groups in total. The number of nitrogens with one attached hydrogen (secondary N) is 2. The molecular weight excluding hydrogens is 310 g/mol. The van der Waals surface area contributed by atoms with Crippen LogP contribution in [0.25, 0.3) is 0 Å². The Morgan fingerprint density at radius 3 is 2.90 bits per heavy atom. The molecule has 0 aromatic heterocycles. The van der Waals surface area contributed by atoms with Gasteiger partial charge in [0.15, 0.2) is 5.17 Å². The fourth-order valence-corrected chi connectivity index (χ4v) is 3.91. The molecule has 8 heteroatoms. The molecule has 114 valence electrons. The zero-order valence-corrected chi connectivity index (χ0v) is 13.5. The molecule has 0 aliphatic carbocycles. The first-order valence-corrected chi connectivity index (χ1v) is 8.97. The van der Waals surface area contributed by atoms with Crippen molar-refractivity contribution in [2.75, 3.05) is 17.6 Å². The molecule has 1 aliphatic rings. The second-order valence-corrected chi connectivity index (χ2v) is 7.17. The summed E-state index contributed by atoms with van der Waals surface area (Å²) in [6.07, 6.45) is 0.858. The number of nitrogens with zero attached hydrogens (tertiary/aromatic N) is 1. The van der Waals surface area contributed by atoms with Gasteiger partial charge in [-0.15, -0.1) is 4.40 Å². The third kappa shape index (κ3) is 3.98. The minimum Gasteiger partial charge on any atom is -0.355 e. The summed E-state index contributed by atoms with van der Waals surface area (Å²) in [7, 11) is -3.71. The number of sulfonamides is 1. The predicted molar refractivity (Wildman–Crippen MR) is 85.2 cm³/mol. The van der Waals surface area contributed by atoms with Crippen molar-refractivity contribution in [2.24, 2.45) is 4.40 Å². The maximum atomic E-state index is 12.1. The normalized spacial score (nSPS) is 15.6. The molecule has 0 saturated carbocycles. The van der Waals surface area contributed by atoms with Gasteiger partial charge in [0, 0.05) is 6.54 Å². The topological polar surface area (TPSA) is 87.6 Å². The van der Waals surface area contributed by atoms with Gasteiger partial charge in [-0.2, -0.15) is 8.42 Å². The Labute approximate surface area is 128 Å². The number of aryl methyl sites for hydroxylation is 1. The first-order chi connectivity index (χ1) is 9.92. The molecule has 0 spiro atoms. The summed E-state index contributed by atoms with van der Waals surface area (Å²) in [4.78, 5) is 11.7. The zero-order valence-electron chi connectivity index (χ0n) is 11.8. The van der Waals surface area contributed by atoms with Crippen molar-refractivity contribution >= 4 is 38.5 Å². The van der Waals surface area contributed by atoms with Gasteiger partial charge in [-0.3, -0.25) is 4.79 Å². The summed E-state index contributed by atoms with van der Waals surface area (Å²) in [5.41, 5.74) is 1.34. The highest BCUT2D eigenvalue weighted by atomic mass is 32.2. The van der Waals surface area contributed by atoms with E-state index in [4.69, 9.17) is 0 Å². The zero-order chi connectivity index (χ0) is 15.5. The van der Waals surface area contributed by atoms with Crippen molar-refractivity contribution in [2.45, 2.75) is 25.2 Å². The molecular formula is C13H17N3O3S2. The third-order valence-electron chi connectivity index (χ3n) is 2.77. The molecule has 1 aromatic carbocycles. The molecule has 6 nitrogen and oxygen atoms in total. The van der Waals surface area contributed by atoms with Crippen LogP contribution in [0.2, 0.25) is 0 Å². The van der Waals surface area contributed by atoms with Crippen LogP contribution >= 0.6 is 11.8 Å². The smallest absolute Gasteiger partial charge is 0.286 e. The van der Waals surface area contributed by atoms with Crippen LogP contribution < -0.4 is 10.6 Å². The molecule has 0 fully saturated rings. The monoisotopic (exact) mass is 327 g/mol. The quantitative estimate of drug-likeness (QED) is 0.879. The largest absolute Gasteiger partial charge is 0.355 e. The summed E-state index contributed by atoms with van der Waals surface area (Å²) in [6.45, 7) is 4.40. The van der Waals surface area contributed by atoms with Gasteiger partial charge in [0.25, 0.3) is 10.0 Å². The number of carbonyl (C=O) groups is 1. The lowest BCUT2D eigenvalue weighted by molar-refractivity contribution is -0.118. The van der Waals surface area contributed by atoms with Crippen LogP contribution in [0.5, 0.6) is 0 Å². The first-order valence-electron chi connectivity index (χ1n) is 6.54. The van der Waals surface area contributed by atoms with E-state index >= 15 is 0 Å². The second kappa shape index (κ2) is 6.48. The maximum absolute atomic E-state index is 12.1. The van der Waals surface area contributed by atoms with Gasteiger partial charge in [0.05, 0.1) is 11.4 Å². The molecule has 0 unspecified atom stereocenters. The average molecular weight is 327 g/mol. The highest BCUT2D eigenvalue weighted by Gasteiger charge is 2.25. The Bertz CT molecular complexity index is 684. The Morgan fingerprint density at radius 1 is 1.43 bits per heavy atom. The second-order valence-electron chi connectivity index (χ2n) is 4.63. The Hall–Kier alpha value is -1.54. The van der Waals surface area contributed by atoms with Crippen LogP contribution in [0.4, 0.5) is 5.69 Å². The van der Waals surface area contributed by atoms with Crippen LogP contribution in [0.3, 0.4) is 0 Å². The van der Waals surface area contributed by atoms with E-state index < -0.39 is 10.0 Å². The standard InChI is InChI=1S/C13H17N3O3S2/c1-3-6-14-12(17)8-20-13-15-10-5-4-9(2)7-11(10)21(18,19)16-13/h4-5,7H,3,6,8H2,1-2H3,(H,14,17)(H,15,16). The van der Waals surface area contributed by atoms with Crippen molar-refractivity contribution < 1.29 is 13.2 Å². The van der Waals surface area contributed by atoms with E-state index in [9.17, 15) is 13.2 Å². The number of fused-ring (bicyclic) bond motifs is 1. The van der Waals surface area contributed by atoms with Crippen molar-refractivity contribution in [1.29, 1.82) is 0 Å². The molecule has 0 bridgehead atoms. The van der Waals surface area contributed by atoms with Gasteiger partial charge < -0.3 is 10.6 Å². The van der Waals surface area contributed by atoms with Crippen molar-refractivity contribution in [3.8, 4) is 0 Å². The summed E-state index contributed by atoms with van der Waals surface area (Å²) < 4.78 is 27.9. The number of amidine groups is 1. The Balaban J connectivity index is 2.10. The molecule has 2 rings (SSSR count). The van der Waals surface area contributed by atoms with Crippen LogP contribution in [0.1, 0.15) is 18.9 Å². The van der Waals surface area contributed by atoms with E-state index in [1.807, 2.05) is 19.9 Å². The van der Waals surface area contributed by atoms with E-state index in [0.29, 0.717) is 12.2 Å². The number of thioether (sulfide) groups is 1. The number of benzene rings is 1. The van der Waals surface area contributed by atoms with Crippen LogP contribution in [-0.4, -0.2) is 31.8 Å². The van der Waals surface area contributed by atoms with E-state index in [1.54, 1.807) is 12.1 Å². The molecule has 1 aliphatic heterocycles. The molecule has 1 amide bonds. The molecule has 0 saturated heterocycles. The number of hydrogen-bond acceptors (Lipinski definition) is 5. The summed E-state index contributed by atoms with van der Waals surface area (Å²) in [6, 6.07) is 5.11. The van der Waals surface area contributed by atoms with Gasteiger partial charge in [0.1, 0.15) is 4.90 Å². The lowest BCUT2D eigenvalue weighted by Gasteiger charge is -2.17. The van der Waals surface area contributed by atoms with Gasteiger partial charge in [-0.1, -0.05) is 24.8 Å². The lowest BCUT2D eigenvalue weighted by atomic mass is 10.2. The summed E-state index contributed by atoms with van der Waals surface area (Å²) in [5, 5.41) is 5.89. The van der Waals surface area contributed by atoms with E-state index in [1.165, 1.54) is 0 Å². The molecule has 0 atom stereocenters. The van der Waals surface area contributed by atoms with E-state index in [2.05, 4.69) is 15.0 Å². The van der Waals surface area contributed by atoms with E-state index in [-0.39, 0.29) is 21.7 Å². The minimum absolute atomic E-state index is 0.128. The maximum Gasteiger partial charge on any atom is 0.286 e. The van der Waals surface area contributed by atoms with Gasteiger partial charge in [-0.05, 0) is 31.0 Å². The van der Waals surface area contributed by atoms with Crippen molar-refractivity contribution in [3.63, 3.8) is 0 Å². The minimum atomic E-state index is -3.71. The number of anilines is 1. The summed E-state index contributed by atoms with van der Waals surface area (Å²) >= 11 is 1.07. The number of rotatable bonds is 4. The van der Waals surface area contributed by atoms with E-state index in [0.717, 1.165) is 23.7 Å². The molecule has 1 heterocycles. The van der Waals surface area contributed by atoms with Crippen molar-refractivity contribution in [3.05, 3.63) is 23.8 Å². The van der Waals surface area contributed by atoms with Crippen LogP contribution in [0.15, 0.2) is 27.5 Å². The van der Waals surface area contributed by atoms with Gasteiger partial charge >= 0.3 is 0 Å². The molecule has 21 heavy (non-hydrogen) atoms. The number of hydrogen-bond donors (Lipinski definition) is 2. The third-order valence-corrected chi connectivity index (χ3v) is 5.08. The van der Waals surface area contributed by atoms with Gasteiger partial charge in [-0.25, -0.2) is 0 Å².